The molecule has 3 heteroatoms. The molecule has 1 atom stereocenters. The predicted molar refractivity (Wildman–Crippen MR) is 66.7 cm³/mol. The van der Waals surface area contributed by atoms with Crippen LogP contribution >= 0.6 is 0 Å². The monoisotopic (exact) mass is 227 g/mol. The van der Waals surface area contributed by atoms with Gasteiger partial charge < -0.3 is 14.8 Å². The molecule has 0 saturated carbocycles. The topological polar surface area (TPSA) is 30.5 Å². The van der Waals surface area contributed by atoms with E-state index in [-0.39, 0.29) is 0 Å². The second-order valence-electron chi connectivity index (χ2n) is 4.31. The molecule has 3 nitrogen and oxygen atoms in total. The van der Waals surface area contributed by atoms with Crippen LogP contribution in [-0.2, 0) is 9.47 Å². The SMILES string of the molecule is COCCOCCCNCC1CC=CCC1. The van der Waals surface area contributed by atoms with Crippen molar-refractivity contribution < 1.29 is 9.47 Å². The molecule has 0 amide bonds. The zero-order valence-electron chi connectivity index (χ0n) is 10.4. The molecule has 0 bridgehead atoms. The molecule has 1 aliphatic carbocycles. The van der Waals surface area contributed by atoms with Gasteiger partial charge in [0.15, 0.2) is 0 Å². The molecule has 0 aromatic heterocycles. The first-order valence-corrected chi connectivity index (χ1v) is 6.36. The Morgan fingerprint density at radius 2 is 2.19 bits per heavy atom. The van der Waals surface area contributed by atoms with E-state index < -0.39 is 0 Å². The Morgan fingerprint density at radius 3 is 2.94 bits per heavy atom. The van der Waals surface area contributed by atoms with Gasteiger partial charge >= 0.3 is 0 Å². The van der Waals surface area contributed by atoms with Crippen LogP contribution < -0.4 is 5.32 Å². The van der Waals surface area contributed by atoms with E-state index in [2.05, 4.69) is 17.5 Å². The summed E-state index contributed by atoms with van der Waals surface area (Å²) in [6.07, 6.45) is 9.54. The van der Waals surface area contributed by atoms with E-state index in [4.69, 9.17) is 9.47 Å². The first-order valence-electron chi connectivity index (χ1n) is 6.36. The summed E-state index contributed by atoms with van der Waals surface area (Å²) in [5.41, 5.74) is 0. The molecule has 0 aliphatic heterocycles. The van der Waals surface area contributed by atoms with Crippen LogP contribution in [0.5, 0.6) is 0 Å². The molecule has 0 aromatic carbocycles. The summed E-state index contributed by atoms with van der Waals surface area (Å²) in [7, 11) is 1.70. The molecule has 16 heavy (non-hydrogen) atoms. The highest BCUT2D eigenvalue weighted by molar-refractivity contribution is 4.90. The van der Waals surface area contributed by atoms with Gasteiger partial charge in [-0.15, -0.1) is 0 Å². The second kappa shape index (κ2) is 9.82. The lowest BCUT2D eigenvalue weighted by Crippen LogP contribution is -2.25. The minimum absolute atomic E-state index is 0.696. The maximum absolute atomic E-state index is 5.39. The summed E-state index contributed by atoms with van der Waals surface area (Å²) < 4.78 is 10.3. The number of hydrogen-bond donors (Lipinski definition) is 1. The smallest absolute Gasteiger partial charge is 0.0700 e. The van der Waals surface area contributed by atoms with E-state index in [1.54, 1.807) is 7.11 Å². The van der Waals surface area contributed by atoms with Gasteiger partial charge in [0.1, 0.15) is 0 Å². The van der Waals surface area contributed by atoms with Crippen molar-refractivity contribution in [3.8, 4) is 0 Å². The fourth-order valence-electron chi connectivity index (χ4n) is 1.89. The molecule has 0 heterocycles. The Kier molecular flexibility index (Phi) is 8.40. The number of nitrogens with one attached hydrogen (secondary N) is 1. The van der Waals surface area contributed by atoms with E-state index in [0.29, 0.717) is 13.2 Å². The molecule has 1 unspecified atom stereocenters. The second-order valence-corrected chi connectivity index (χ2v) is 4.31. The summed E-state index contributed by atoms with van der Waals surface area (Å²) in [6.45, 7) is 4.46. The molecule has 0 saturated heterocycles. The molecule has 0 radical (unpaired) electrons. The molecule has 94 valence electrons. The van der Waals surface area contributed by atoms with E-state index >= 15 is 0 Å². The van der Waals surface area contributed by atoms with Crippen molar-refractivity contribution in [3.63, 3.8) is 0 Å². The third-order valence-electron chi connectivity index (χ3n) is 2.88. The van der Waals surface area contributed by atoms with Gasteiger partial charge in [0, 0.05) is 13.7 Å². The minimum Gasteiger partial charge on any atom is -0.382 e. The molecule has 0 aromatic rings. The Labute approximate surface area is 99.2 Å². The number of methoxy groups -OCH3 is 1. The van der Waals surface area contributed by atoms with Crippen LogP contribution in [0.25, 0.3) is 0 Å². The van der Waals surface area contributed by atoms with Crippen LogP contribution in [0.15, 0.2) is 12.2 Å². The molecular weight excluding hydrogens is 202 g/mol. The van der Waals surface area contributed by atoms with Crippen molar-refractivity contribution in [1.29, 1.82) is 0 Å². The molecule has 0 spiro atoms. The molecule has 0 fully saturated rings. The fraction of sp³-hybridized carbons (Fsp3) is 0.846. The van der Waals surface area contributed by atoms with Crippen LogP contribution in [-0.4, -0.2) is 40.0 Å². The average molecular weight is 227 g/mol. The van der Waals surface area contributed by atoms with Gasteiger partial charge in [-0.3, -0.25) is 0 Å². The van der Waals surface area contributed by atoms with Gasteiger partial charge in [-0.05, 0) is 44.7 Å². The first kappa shape index (κ1) is 13.7. The zero-order valence-corrected chi connectivity index (χ0v) is 10.4. The molecule has 1 rings (SSSR count). The van der Waals surface area contributed by atoms with E-state index in [1.165, 1.54) is 19.3 Å². The van der Waals surface area contributed by atoms with E-state index in [1.807, 2.05) is 0 Å². The van der Waals surface area contributed by atoms with E-state index in [0.717, 1.165) is 32.0 Å². The van der Waals surface area contributed by atoms with Crippen LogP contribution in [0.3, 0.4) is 0 Å². The van der Waals surface area contributed by atoms with Crippen molar-refractivity contribution in [3.05, 3.63) is 12.2 Å². The minimum atomic E-state index is 0.696. The quantitative estimate of drug-likeness (QED) is 0.482. The van der Waals surface area contributed by atoms with Gasteiger partial charge in [-0.2, -0.15) is 0 Å². The maximum atomic E-state index is 5.39. The van der Waals surface area contributed by atoms with Crippen molar-refractivity contribution >= 4 is 0 Å². The van der Waals surface area contributed by atoms with Crippen molar-refractivity contribution in [1.82, 2.24) is 5.32 Å². The summed E-state index contributed by atoms with van der Waals surface area (Å²) in [5.74, 6) is 0.847. The van der Waals surface area contributed by atoms with Crippen molar-refractivity contribution in [2.24, 2.45) is 5.92 Å². The number of hydrogen-bond acceptors (Lipinski definition) is 3. The Balaban J connectivity index is 1.79. The van der Waals surface area contributed by atoms with Gasteiger partial charge in [-0.1, -0.05) is 12.2 Å². The Bertz CT molecular complexity index is 183. The van der Waals surface area contributed by atoms with Crippen LogP contribution in [0.2, 0.25) is 0 Å². The lowest BCUT2D eigenvalue weighted by Gasteiger charge is -2.18. The molecule has 1 aliphatic rings. The highest BCUT2D eigenvalue weighted by atomic mass is 16.5. The van der Waals surface area contributed by atoms with Crippen molar-refractivity contribution in [2.45, 2.75) is 25.7 Å². The fourth-order valence-corrected chi connectivity index (χ4v) is 1.89. The van der Waals surface area contributed by atoms with Crippen molar-refractivity contribution in [2.75, 3.05) is 40.0 Å². The van der Waals surface area contributed by atoms with Gasteiger partial charge in [-0.25, -0.2) is 0 Å². The van der Waals surface area contributed by atoms with Gasteiger partial charge in [0.25, 0.3) is 0 Å². The third kappa shape index (κ3) is 6.99. The normalized spacial score (nSPS) is 20.2. The lowest BCUT2D eigenvalue weighted by atomic mass is 9.94. The number of rotatable bonds is 9. The van der Waals surface area contributed by atoms with Gasteiger partial charge in [0.2, 0.25) is 0 Å². The maximum Gasteiger partial charge on any atom is 0.0700 e. The van der Waals surface area contributed by atoms with Crippen LogP contribution in [0, 0.1) is 5.92 Å². The summed E-state index contributed by atoms with van der Waals surface area (Å²) >= 11 is 0. The highest BCUT2D eigenvalue weighted by Gasteiger charge is 2.08. The summed E-state index contributed by atoms with van der Waals surface area (Å²) in [5, 5.41) is 3.50. The Morgan fingerprint density at radius 1 is 1.25 bits per heavy atom. The summed E-state index contributed by atoms with van der Waals surface area (Å²) in [6, 6.07) is 0. The van der Waals surface area contributed by atoms with E-state index in [9.17, 15) is 0 Å². The third-order valence-corrected chi connectivity index (χ3v) is 2.88. The predicted octanol–water partition coefficient (Wildman–Crippen LogP) is 1.99. The largest absolute Gasteiger partial charge is 0.382 e. The Hall–Kier alpha value is -0.380. The standard InChI is InChI=1S/C13H25NO2/c1-15-10-11-16-9-5-8-14-12-13-6-3-2-4-7-13/h2-3,13-14H,4-12H2,1H3. The summed E-state index contributed by atoms with van der Waals surface area (Å²) in [4.78, 5) is 0. The average Bonchev–Trinajstić information content (AvgIpc) is 2.34. The zero-order chi connectivity index (χ0) is 11.5. The van der Waals surface area contributed by atoms with Crippen LogP contribution in [0.4, 0.5) is 0 Å². The number of ether oxygens (including phenoxy) is 2. The highest BCUT2D eigenvalue weighted by Crippen LogP contribution is 2.16. The van der Waals surface area contributed by atoms with Gasteiger partial charge in [0.05, 0.1) is 13.2 Å². The first-order chi connectivity index (χ1) is 7.93. The number of allylic oxidation sites excluding steroid dienone is 2. The molecular formula is C13H25NO2. The lowest BCUT2D eigenvalue weighted by molar-refractivity contribution is 0.0694. The van der Waals surface area contributed by atoms with Crippen LogP contribution in [0.1, 0.15) is 25.7 Å². The molecule has 1 N–H and O–H groups in total.